The third-order valence-corrected chi connectivity index (χ3v) is 5.60. The summed E-state index contributed by atoms with van der Waals surface area (Å²) in [7, 11) is 0. The van der Waals surface area contributed by atoms with Gasteiger partial charge in [-0.15, -0.1) is 0 Å². The van der Waals surface area contributed by atoms with Crippen LogP contribution in [0.25, 0.3) is 0 Å². The first-order valence-electron chi connectivity index (χ1n) is 9.03. The van der Waals surface area contributed by atoms with Gasteiger partial charge in [-0.25, -0.2) is 0 Å². The van der Waals surface area contributed by atoms with Gasteiger partial charge in [0.1, 0.15) is 0 Å². The summed E-state index contributed by atoms with van der Waals surface area (Å²) in [6.07, 6.45) is 0. The molecule has 0 spiro atoms. The van der Waals surface area contributed by atoms with Crippen LogP contribution in [0.3, 0.4) is 0 Å². The number of carbonyl (C=O) groups excluding carboxylic acids is 1. The monoisotopic (exact) mass is 392 g/mol. The van der Waals surface area contributed by atoms with Crippen LogP contribution < -0.4 is 15.1 Å². The lowest BCUT2D eigenvalue weighted by molar-refractivity contribution is -0.914. The highest BCUT2D eigenvalue weighted by Crippen LogP contribution is 2.26. The van der Waals surface area contributed by atoms with Crippen molar-refractivity contribution < 1.29 is 18.5 Å². The van der Waals surface area contributed by atoms with Crippen molar-refractivity contribution in [2.75, 3.05) is 36.4 Å². The third kappa shape index (κ3) is 5.43. The van der Waals surface area contributed by atoms with E-state index < -0.39 is 5.76 Å². The molecule has 144 valence electrons. The van der Waals surface area contributed by atoms with Crippen LogP contribution in [-0.4, -0.2) is 43.9 Å². The van der Waals surface area contributed by atoms with Gasteiger partial charge in [0.05, 0.1) is 26.2 Å². The van der Waals surface area contributed by atoms with E-state index in [0.717, 1.165) is 26.2 Å². The summed E-state index contributed by atoms with van der Waals surface area (Å²) in [5.74, 6) is -2.49. The number of halogens is 2. The van der Waals surface area contributed by atoms with Crippen molar-refractivity contribution in [1.29, 1.82) is 0 Å². The van der Waals surface area contributed by atoms with Gasteiger partial charge >= 0.3 is 0 Å². The lowest BCUT2D eigenvalue weighted by atomic mass is 10.2. The number of alkyl halides is 2. The Labute approximate surface area is 162 Å². The van der Waals surface area contributed by atoms with Gasteiger partial charge in [-0.05, 0) is 43.3 Å². The van der Waals surface area contributed by atoms with Gasteiger partial charge in [0.15, 0.2) is 6.04 Å². The number of benzene rings is 2. The number of hydrogen-bond donors (Lipinski definition) is 2. The summed E-state index contributed by atoms with van der Waals surface area (Å²) in [5.41, 5.74) is 1.85. The van der Waals surface area contributed by atoms with Crippen LogP contribution in [-0.2, 0) is 4.79 Å². The van der Waals surface area contributed by atoms with Gasteiger partial charge < -0.3 is 15.1 Å². The molecule has 4 nitrogen and oxygen atoms in total. The van der Waals surface area contributed by atoms with Crippen molar-refractivity contribution >= 4 is 29.0 Å². The second-order valence-corrected chi connectivity index (χ2v) is 7.66. The minimum atomic E-state index is -2.44. The number of hydrogen-bond acceptors (Lipinski definition) is 3. The Morgan fingerprint density at radius 2 is 1.70 bits per heavy atom. The highest BCUT2D eigenvalue weighted by Gasteiger charge is 2.29. The van der Waals surface area contributed by atoms with E-state index >= 15 is 0 Å². The fourth-order valence-electron chi connectivity index (χ4n) is 3.28. The molecule has 3 rings (SSSR count). The first-order chi connectivity index (χ1) is 13.0. The zero-order valence-electron chi connectivity index (χ0n) is 15.2. The van der Waals surface area contributed by atoms with Crippen LogP contribution >= 0.6 is 11.8 Å². The number of piperazine rings is 1. The predicted molar refractivity (Wildman–Crippen MR) is 106 cm³/mol. The number of quaternary nitrogens is 1. The molecule has 27 heavy (non-hydrogen) atoms. The smallest absolute Gasteiger partial charge is 0.288 e. The Morgan fingerprint density at radius 1 is 1.07 bits per heavy atom. The zero-order valence-corrected chi connectivity index (χ0v) is 16.0. The standard InChI is InChI=1S/C20H23F2N3OS/c1-15(19(26)23-16-7-9-18(10-8-16)27-20(21)22)24-11-13-25(14-12-24)17-5-3-2-4-6-17/h2-10,15,20H,11-14H2,1H3,(H,23,26)/p+1/t15-/m0/s1. The van der Waals surface area contributed by atoms with Crippen molar-refractivity contribution in [2.24, 2.45) is 0 Å². The van der Waals surface area contributed by atoms with Crippen LogP contribution in [0.4, 0.5) is 20.2 Å². The van der Waals surface area contributed by atoms with Gasteiger partial charge in [0.25, 0.3) is 11.7 Å². The van der Waals surface area contributed by atoms with Crippen LogP contribution in [0.5, 0.6) is 0 Å². The van der Waals surface area contributed by atoms with Gasteiger partial charge in [0.2, 0.25) is 0 Å². The number of nitrogens with zero attached hydrogens (tertiary/aromatic N) is 1. The second kappa shape index (κ2) is 9.19. The normalized spacial score (nSPS) is 16.4. The fraction of sp³-hybridized carbons (Fsp3) is 0.350. The van der Waals surface area contributed by atoms with E-state index in [0.29, 0.717) is 22.3 Å². The van der Waals surface area contributed by atoms with Crippen molar-refractivity contribution in [3.8, 4) is 0 Å². The Morgan fingerprint density at radius 3 is 2.30 bits per heavy atom. The molecule has 2 aromatic rings. The maximum atomic E-state index is 12.6. The third-order valence-electron chi connectivity index (χ3n) is 4.88. The van der Waals surface area contributed by atoms with Crippen LogP contribution in [0.2, 0.25) is 0 Å². The Hall–Kier alpha value is -2.12. The Balaban J connectivity index is 1.50. The fourth-order valence-corrected chi connectivity index (χ4v) is 3.78. The molecule has 2 aromatic carbocycles. The lowest BCUT2D eigenvalue weighted by Crippen LogP contribution is -3.19. The topological polar surface area (TPSA) is 36.8 Å². The molecule has 1 amide bonds. The largest absolute Gasteiger partial charge is 0.360 e. The van der Waals surface area contributed by atoms with Gasteiger partial charge in [0, 0.05) is 16.3 Å². The van der Waals surface area contributed by atoms with E-state index in [1.807, 2.05) is 25.1 Å². The number of amides is 1. The molecule has 1 aliphatic rings. The van der Waals surface area contributed by atoms with Gasteiger partial charge in [-0.2, -0.15) is 8.78 Å². The lowest BCUT2D eigenvalue weighted by Gasteiger charge is -2.36. The summed E-state index contributed by atoms with van der Waals surface area (Å²) in [6, 6.07) is 16.7. The number of rotatable bonds is 6. The molecule has 0 unspecified atom stereocenters. The molecule has 1 fully saturated rings. The van der Waals surface area contributed by atoms with E-state index in [-0.39, 0.29) is 11.9 Å². The molecule has 1 aliphatic heterocycles. The van der Waals surface area contributed by atoms with Gasteiger partial charge in [-0.3, -0.25) is 4.79 Å². The summed E-state index contributed by atoms with van der Waals surface area (Å²) in [5, 5.41) is 2.89. The molecule has 0 saturated carbocycles. The molecule has 1 atom stereocenters. The van der Waals surface area contributed by atoms with E-state index in [2.05, 4.69) is 22.3 Å². The molecule has 1 saturated heterocycles. The average Bonchev–Trinajstić information content (AvgIpc) is 2.69. The van der Waals surface area contributed by atoms with Crippen molar-refractivity contribution in [2.45, 2.75) is 23.6 Å². The molecule has 2 N–H and O–H groups in total. The highest BCUT2D eigenvalue weighted by molar-refractivity contribution is 7.99. The highest BCUT2D eigenvalue weighted by atomic mass is 32.2. The number of thioether (sulfide) groups is 1. The molecule has 0 aromatic heterocycles. The first-order valence-corrected chi connectivity index (χ1v) is 9.91. The summed E-state index contributed by atoms with van der Waals surface area (Å²) < 4.78 is 24.7. The maximum Gasteiger partial charge on any atom is 0.288 e. The molecule has 7 heteroatoms. The Kier molecular flexibility index (Phi) is 6.68. The summed E-state index contributed by atoms with van der Waals surface area (Å²) in [4.78, 5) is 16.6. The van der Waals surface area contributed by atoms with E-state index in [4.69, 9.17) is 0 Å². The summed E-state index contributed by atoms with van der Waals surface area (Å²) in [6.45, 7) is 5.55. The van der Waals surface area contributed by atoms with Gasteiger partial charge in [-0.1, -0.05) is 30.0 Å². The second-order valence-electron chi connectivity index (χ2n) is 6.59. The molecule has 0 bridgehead atoms. The SMILES string of the molecule is C[C@@H](C(=O)Nc1ccc(SC(F)F)cc1)[NH+]1CCN(c2ccccc2)CC1. The van der Waals surface area contributed by atoms with Crippen LogP contribution in [0, 0.1) is 0 Å². The first kappa shape index (κ1) is 19.6. The Bertz CT molecular complexity index is 735. The van der Waals surface area contributed by atoms with E-state index in [9.17, 15) is 13.6 Å². The number of nitrogens with one attached hydrogen (secondary N) is 2. The quantitative estimate of drug-likeness (QED) is 0.743. The van der Waals surface area contributed by atoms with E-state index in [1.165, 1.54) is 10.6 Å². The van der Waals surface area contributed by atoms with Crippen molar-refractivity contribution in [3.05, 3.63) is 54.6 Å². The molecular weight excluding hydrogens is 368 g/mol. The predicted octanol–water partition coefficient (Wildman–Crippen LogP) is 2.73. The van der Waals surface area contributed by atoms with Crippen LogP contribution in [0.1, 0.15) is 6.92 Å². The number of anilines is 2. The average molecular weight is 392 g/mol. The summed E-state index contributed by atoms with van der Waals surface area (Å²) >= 11 is 0.499. The molecular formula is C20H24F2N3OS+. The molecule has 0 aliphatic carbocycles. The minimum Gasteiger partial charge on any atom is -0.360 e. The zero-order chi connectivity index (χ0) is 19.2. The maximum absolute atomic E-state index is 12.6. The molecule has 1 heterocycles. The molecule has 0 radical (unpaired) electrons. The van der Waals surface area contributed by atoms with Crippen LogP contribution in [0.15, 0.2) is 59.5 Å². The number of para-hydroxylation sites is 1. The van der Waals surface area contributed by atoms with Crippen molar-refractivity contribution in [1.82, 2.24) is 0 Å². The van der Waals surface area contributed by atoms with E-state index in [1.54, 1.807) is 24.3 Å². The minimum absolute atomic E-state index is 0.0487. The van der Waals surface area contributed by atoms with Crippen molar-refractivity contribution in [3.63, 3.8) is 0 Å². The number of carbonyl (C=O) groups is 1.